The molecular formula is C29H37Cl2F3N4O6S. The van der Waals surface area contributed by atoms with Crippen molar-refractivity contribution in [1.29, 1.82) is 0 Å². The van der Waals surface area contributed by atoms with Crippen molar-refractivity contribution in [2.24, 2.45) is 0 Å². The number of nitrogens with one attached hydrogen (secondary N) is 1. The van der Waals surface area contributed by atoms with Gasteiger partial charge in [-0.05, 0) is 57.9 Å². The minimum atomic E-state index is -4.93. The molecule has 1 fully saturated rings. The van der Waals surface area contributed by atoms with Crippen molar-refractivity contribution in [3.63, 3.8) is 0 Å². The Hall–Kier alpha value is -2.94. The molecule has 10 nitrogen and oxygen atoms in total. The Labute approximate surface area is 270 Å². The number of hydrogen-bond acceptors (Lipinski definition) is 8. The fraction of sp³-hybridized carbons (Fsp3) is 0.517. The van der Waals surface area contributed by atoms with Gasteiger partial charge in [0.15, 0.2) is 9.84 Å². The van der Waals surface area contributed by atoms with E-state index in [1.54, 1.807) is 25.7 Å². The lowest BCUT2D eigenvalue weighted by Crippen LogP contribution is -2.48. The monoisotopic (exact) mass is 696 g/mol. The molecule has 16 heteroatoms. The van der Waals surface area contributed by atoms with Crippen LogP contribution in [0.5, 0.6) is 5.75 Å². The summed E-state index contributed by atoms with van der Waals surface area (Å²) in [7, 11) is -1.60. The van der Waals surface area contributed by atoms with E-state index in [1.165, 1.54) is 33.2 Å². The topological polar surface area (TPSA) is 131 Å². The molecule has 250 valence electrons. The molecule has 0 radical (unpaired) electrons. The van der Waals surface area contributed by atoms with Crippen LogP contribution < -0.4 is 20.7 Å². The molecule has 2 amide bonds. The van der Waals surface area contributed by atoms with E-state index in [-0.39, 0.29) is 51.8 Å². The maximum Gasteiger partial charge on any atom is 0.416 e. The first-order valence-electron chi connectivity index (χ1n) is 14.0. The molecule has 0 saturated carbocycles. The van der Waals surface area contributed by atoms with Gasteiger partial charge in [-0.1, -0.05) is 30.1 Å². The van der Waals surface area contributed by atoms with Gasteiger partial charge in [0.05, 0.1) is 40.4 Å². The first-order chi connectivity index (χ1) is 20.7. The molecule has 1 saturated heterocycles. The smallest absolute Gasteiger partial charge is 0.416 e. The van der Waals surface area contributed by atoms with Crippen LogP contribution in [0, 0.1) is 0 Å². The molecule has 1 aliphatic heterocycles. The van der Waals surface area contributed by atoms with Gasteiger partial charge in [0.25, 0.3) is 5.91 Å². The molecular weight excluding hydrogens is 660 g/mol. The number of ether oxygens (including phenoxy) is 2. The average molecular weight is 698 g/mol. The molecule has 3 rings (SSSR count). The van der Waals surface area contributed by atoms with Crippen LogP contribution in [0.15, 0.2) is 23.1 Å². The number of sulfone groups is 1. The molecule has 1 aliphatic rings. The summed E-state index contributed by atoms with van der Waals surface area (Å²) in [6.07, 6.45) is -4.38. The van der Waals surface area contributed by atoms with Crippen molar-refractivity contribution in [3.8, 4) is 5.75 Å². The fourth-order valence-electron chi connectivity index (χ4n) is 5.01. The SMILES string of the molecule is CCS(=O)(=O)c1c(OC)cc(Cl)cc1N(C)C(=O)c1cc(C(F)(F)F)c(CN2CCC[C@@H](NC(=O)OC(C)(C)C)C2)c(Cl)c1N. The Morgan fingerprint density at radius 2 is 1.82 bits per heavy atom. The number of amides is 2. The average Bonchev–Trinajstić information content (AvgIpc) is 2.92. The number of alkyl carbamates (subject to hydrolysis) is 1. The Morgan fingerprint density at radius 1 is 1.18 bits per heavy atom. The zero-order chi connectivity index (χ0) is 34.1. The molecule has 0 spiro atoms. The minimum absolute atomic E-state index is 0.0230. The van der Waals surface area contributed by atoms with Crippen LogP contribution >= 0.6 is 23.2 Å². The predicted molar refractivity (Wildman–Crippen MR) is 167 cm³/mol. The minimum Gasteiger partial charge on any atom is -0.495 e. The van der Waals surface area contributed by atoms with Crippen molar-refractivity contribution in [1.82, 2.24) is 10.2 Å². The van der Waals surface area contributed by atoms with E-state index in [9.17, 15) is 31.2 Å². The number of rotatable bonds is 8. The van der Waals surface area contributed by atoms with E-state index >= 15 is 0 Å². The Morgan fingerprint density at radius 3 is 2.38 bits per heavy atom. The second kappa shape index (κ2) is 13.8. The lowest BCUT2D eigenvalue weighted by Gasteiger charge is -2.34. The van der Waals surface area contributed by atoms with Gasteiger partial charge < -0.3 is 25.4 Å². The third kappa shape index (κ3) is 8.66. The number of piperidine rings is 1. The largest absolute Gasteiger partial charge is 0.495 e. The van der Waals surface area contributed by atoms with E-state index in [1.807, 2.05) is 0 Å². The maximum absolute atomic E-state index is 14.5. The first kappa shape index (κ1) is 36.5. The zero-order valence-electron chi connectivity index (χ0n) is 25.8. The Kier molecular flexibility index (Phi) is 11.2. The molecule has 1 heterocycles. The van der Waals surface area contributed by atoms with E-state index in [2.05, 4.69) is 5.32 Å². The highest BCUT2D eigenvalue weighted by Gasteiger charge is 2.38. The number of nitrogens with two attached hydrogens (primary N) is 1. The molecule has 45 heavy (non-hydrogen) atoms. The highest BCUT2D eigenvalue weighted by molar-refractivity contribution is 7.91. The fourth-order valence-corrected chi connectivity index (χ4v) is 6.73. The number of carbonyl (C=O) groups is 2. The second-order valence-electron chi connectivity index (χ2n) is 11.6. The maximum atomic E-state index is 14.5. The number of nitrogen functional groups attached to an aromatic ring is 1. The van der Waals surface area contributed by atoms with Crippen molar-refractivity contribution < 1.29 is 40.7 Å². The Balaban J connectivity index is 2.02. The van der Waals surface area contributed by atoms with Gasteiger partial charge in [-0.25, -0.2) is 13.2 Å². The van der Waals surface area contributed by atoms with E-state index in [4.69, 9.17) is 38.4 Å². The van der Waals surface area contributed by atoms with Crippen molar-refractivity contribution in [2.75, 3.05) is 43.6 Å². The number of likely N-dealkylation sites (tertiary alicyclic amines) is 1. The van der Waals surface area contributed by atoms with E-state index in [0.29, 0.717) is 25.5 Å². The summed E-state index contributed by atoms with van der Waals surface area (Å²) in [6, 6.07) is 2.68. The van der Waals surface area contributed by atoms with Gasteiger partial charge in [0, 0.05) is 37.3 Å². The third-order valence-corrected chi connectivity index (χ3v) is 9.57. The lowest BCUT2D eigenvalue weighted by molar-refractivity contribution is -0.138. The standard InChI is InChI=1S/C29H37Cl2F3N4O6S/c1-7-45(41,42)25-21(11-16(30)12-22(25)43-6)37(5)26(39)18-13-20(29(32,33)34)19(23(31)24(18)35)15-38-10-8-9-17(14-38)36-27(40)44-28(2,3)4/h11-13,17H,7-10,14-15,35H2,1-6H3,(H,36,40)/t17-/m1/s1. The van der Waals surface area contributed by atoms with Gasteiger partial charge in [-0.15, -0.1) is 0 Å². The third-order valence-electron chi connectivity index (χ3n) is 7.13. The van der Waals surface area contributed by atoms with Gasteiger partial charge in [-0.2, -0.15) is 13.2 Å². The predicted octanol–water partition coefficient (Wildman–Crippen LogP) is 6.16. The van der Waals surface area contributed by atoms with Crippen LogP contribution in [-0.4, -0.2) is 70.0 Å². The van der Waals surface area contributed by atoms with Crippen LogP contribution in [0.2, 0.25) is 10.0 Å². The van der Waals surface area contributed by atoms with Crippen LogP contribution in [0.25, 0.3) is 0 Å². The number of alkyl halides is 3. The molecule has 2 aromatic carbocycles. The van der Waals surface area contributed by atoms with Gasteiger partial charge >= 0.3 is 12.3 Å². The number of benzene rings is 2. The van der Waals surface area contributed by atoms with Crippen LogP contribution in [0.1, 0.15) is 62.0 Å². The summed E-state index contributed by atoms with van der Waals surface area (Å²) in [4.78, 5) is 28.2. The van der Waals surface area contributed by atoms with Crippen LogP contribution in [0.3, 0.4) is 0 Å². The lowest BCUT2D eigenvalue weighted by atomic mass is 9.98. The van der Waals surface area contributed by atoms with Crippen molar-refractivity contribution >= 4 is 56.4 Å². The van der Waals surface area contributed by atoms with Crippen molar-refractivity contribution in [3.05, 3.63) is 44.9 Å². The molecule has 1 atom stereocenters. The number of carbonyl (C=O) groups excluding carboxylic acids is 2. The summed E-state index contributed by atoms with van der Waals surface area (Å²) in [6.45, 7) is 6.92. The zero-order valence-corrected chi connectivity index (χ0v) is 28.1. The molecule has 0 bridgehead atoms. The van der Waals surface area contributed by atoms with Gasteiger partial charge in [-0.3, -0.25) is 9.69 Å². The highest BCUT2D eigenvalue weighted by atomic mass is 35.5. The summed E-state index contributed by atoms with van der Waals surface area (Å²) >= 11 is 12.6. The normalized spacial score (nSPS) is 16.3. The number of halogens is 5. The molecule has 2 aromatic rings. The second-order valence-corrected chi connectivity index (χ2v) is 14.6. The molecule has 3 N–H and O–H groups in total. The number of nitrogens with zero attached hydrogens (tertiary/aromatic N) is 2. The quantitative estimate of drug-likeness (QED) is 0.314. The Bertz CT molecular complexity index is 1560. The number of hydrogen-bond donors (Lipinski definition) is 2. The highest BCUT2D eigenvalue weighted by Crippen LogP contribution is 2.42. The molecule has 0 aromatic heterocycles. The van der Waals surface area contributed by atoms with E-state index < -0.39 is 55.5 Å². The van der Waals surface area contributed by atoms with Gasteiger partial charge in [0.2, 0.25) is 0 Å². The van der Waals surface area contributed by atoms with Crippen molar-refractivity contribution in [2.45, 2.75) is 69.8 Å². The van der Waals surface area contributed by atoms with E-state index in [0.717, 1.165) is 4.90 Å². The van der Waals surface area contributed by atoms with Crippen LogP contribution in [-0.2, 0) is 27.3 Å². The molecule has 0 aliphatic carbocycles. The molecule has 0 unspecified atom stereocenters. The van der Waals surface area contributed by atoms with Crippen LogP contribution in [0.4, 0.5) is 29.3 Å². The number of anilines is 2. The number of methoxy groups -OCH3 is 1. The summed E-state index contributed by atoms with van der Waals surface area (Å²) < 4.78 is 79.9. The van der Waals surface area contributed by atoms with Gasteiger partial charge in [0.1, 0.15) is 16.2 Å². The first-order valence-corrected chi connectivity index (χ1v) is 16.4. The summed E-state index contributed by atoms with van der Waals surface area (Å²) in [5, 5.41) is 2.31. The summed E-state index contributed by atoms with van der Waals surface area (Å²) in [5.74, 6) is -1.55. The summed E-state index contributed by atoms with van der Waals surface area (Å²) in [5.41, 5.74) is 2.76.